The van der Waals surface area contributed by atoms with Crippen molar-refractivity contribution in [1.82, 2.24) is 4.90 Å². The van der Waals surface area contributed by atoms with Gasteiger partial charge in [0.1, 0.15) is 5.75 Å². The maximum atomic E-state index is 12.7. The van der Waals surface area contributed by atoms with Crippen LogP contribution in [-0.4, -0.2) is 48.5 Å². The van der Waals surface area contributed by atoms with Gasteiger partial charge in [-0.05, 0) is 69.5 Å². The Hall–Kier alpha value is -3.35. The number of methoxy groups -OCH3 is 1. The van der Waals surface area contributed by atoms with Gasteiger partial charge in [-0.25, -0.2) is 4.79 Å². The third-order valence-corrected chi connectivity index (χ3v) is 5.56. The molecule has 1 N–H and O–H groups in total. The monoisotopic (exact) mass is 424 g/mol. The lowest BCUT2D eigenvalue weighted by Gasteiger charge is -2.38. The molecule has 0 spiro atoms. The molecule has 2 atom stereocenters. The van der Waals surface area contributed by atoms with Crippen molar-refractivity contribution in [2.24, 2.45) is 0 Å². The van der Waals surface area contributed by atoms with Crippen molar-refractivity contribution in [3.8, 4) is 5.75 Å². The highest BCUT2D eigenvalue weighted by Gasteiger charge is 2.29. The van der Waals surface area contributed by atoms with Gasteiger partial charge in [0.15, 0.2) is 6.61 Å². The van der Waals surface area contributed by atoms with Crippen LogP contribution in [0.3, 0.4) is 0 Å². The predicted octanol–water partition coefficient (Wildman–Crippen LogP) is 3.89. The highest BCUT2D eigenvalue weighted by Crippen LogP contribution is 2.23. The van der Waals surface area contributed by atoms with Gasteiger partial charge in [0.2, 0.25) is 0 Å². The van der Waals surface area contributed by atoms with Crippen molar-refractivity contribution in [3.63, 3.8) is 0 Å². The van der Waals surface area contributed by atoms with E-state index in [0.29, 0.717) is 17.0 Å². The van der Waals surface area contributed by atoms with Gasteiger partial charge in [-0.2, -0.15) is 0 Å². The molecular weight excluding hydrogens is 396 g/mol. The smallest absolute Gasteiger partial charge is 0.340 e. The summed E-state index contributed by atoms with van der Waals surface area (Å²) in [6.45, 7) is 3.70. The number of nitrogens with zero attached hydrogens (tertiary/aromatic N) is 1. The van der Waals surface area contributed by atoms with Crippen LogP contribution in [0, 0.1) is 0 Å². The van der Waals surface area contributed by atoms with Gasteiger partial charge < -0.3 is 19.7 Å². The van der Waals surface area contributed by atoms with Gasteiger partial charge in [-0.3, -0.25) is 9.59 Å². The first kappa shape index (κ1) is 22.3. The Labute approximate surface area is 182 Å². The Bertz CT molecular complexity index is 931. The zero-order chi connectivity index (χ0) is 22.4. The van der Waals surface area contributed by atoms with Gasteiger partial charge in [-0.1, -0.05) is 12.1 Å². The third kappa shape index (κ3) is 5.42. The van der Waals surface area contributed by atoms with Crippen molar-refractivity contribution in [3.05, 3.63) is 59.7 Å². The molecule has 2 aromatic carbocycles. The van der Waals surface area contributed by atoms with E-state index in [4.69, 9.17) is 9.47 Å². The van der Waals surface area contributed by atoms with E-state index in [1.54, 1.807) is 60.5 Å². The summed E-state index contributed by atoms with van der Waals surface area (Å²) in [5, 5.41) is 2.73. The molecule has 3 rings (SSSR count). The van der Waals surface area contributed by atoms with Gasteiger partial charge in [0.25, 0.3) is 11.8 Å². The third-order valence-electron chi connectivity index (χ3n) is 5.56. The molecule has 1 aliphatic rings. The van der Waals surface area contributed by atoms with Crippen LogP contribution in [0.2, 0.25) is 0 Å². The number of likely N-dealkylation sites (tertiary alicyclic amines) is 1. The molecule has 164 valence electrons. The first-order chi connectivity index (χ1) is 14.9. The van der Waals surface area contributed by atoms with Gasteiger partial charge in [-0.15, -0.1) is 0 Å². The maximum Gasteiger partial charge on any atom is 0.340 e. The fraction of sp³-hybridized carbons (Fsp3) is 0.375. The molecule has 0 aliphatic carbocycles. The number of carbonyl (C=O) groups is 3. The van der Waals surface area contributed by atoms with E-state index in [9.17, 15) is 14.4 Å². The number of anilines is 1. The second-order valence-corrected chi connectivity index (χ2v) is 7.73. The van der Waals surface area contributed by atoms with Crippen molar-refractivity contribution >= 4 is 23.5 Å². The minimum atomic E-state index is -0.656. The molecule has 0 aromatic heterocycles. The Balaban J connectivity index is 1.65. The summed E-state index contributed by atoms with van der Waals surface area (Å²) in [5.41, 5.74) is 0.935. The summed E-state index contributed by atoms with van der Waals surface area (Å²) in [6, 6.07) is 13.5. The number of amides is 2. The quantitative estimate of drug-likeness (QED) is 0.711. The second-order valence-electron chi connectivity index (χ2n) is 7.73. The van der Waals surface area contributed by atoms with E-state index in [1.165, 1.54) is 0 Å². The number of benzene rings is 2. The lowest BCUT2D eigenvalue weighted by Crippen LogP contribution is -2.49. The second kappa shape index (κ2) is 10.1. The van der Waals surface area contributed by atoms with Gasteiger partial charge in [0.05, 0.1) is 18.4 Å². The fourth-order valence-corrected chi connectivity index (χ4v) is 3.90. The van der Waals surface area contributed by atoms with Gasteiger partial charge in [0, 0.05) is 17.6 Å². The molecule has 7 nitrogen and oxygen atoms in total. The summed E-state index contributed by atoms with van der Waals surface area (Å²) in [4.78, 5) is 39.6. The Morgan fingerprint density at radius 3 is 2.29 bits per heavy atom. The number of esters is 1. The summed E-state index contributed by atoms with van der Waals surface area (Å²) in [6.07, 6.45) is 2.99. The van der Waals surface area contributed by atoms with Crippen LogP contribution in [0.4, 0.5) is 5.69 Å². The zero-order valence-corrected chi connectivity index (χ0v) is 18.1. The summed E-state index contributed by atoms with van der Waals surface area (Å²) in [5.74, 6) is -0.582. The Morgan fingerprint density at radius 2 is 1.65 bits per heavy atom. The highest BCUT2D eigenvalue weighted by atomic mass is 16.5. The molecule has 1 fully saturated rings. The number of carbonyl (C=O) groups excluding carboxylic acids is 3. The highest BCUT2D eigenvalue weighted by molar-refractivity contribution is 6.08. The van der Waals surface area contributed by atoms with E-state index in [0.717, 1.165) is 19.3 Å². The number of hydrogen-bond acceptors (Lipinski definition) is 5. The Morgan fingerprint density at radius 1 is 1.00 bits per heavy atom. The Kier molecular flexibility index (Phi) is 7.28. The molecule has 0 radical (unpaired) electrons. The summed E-state index contributed by atoms with van der Waals surface area (Å²) < 4.78 is 10.4. The van der Waals surface area contributed by atoms with Crippen molar-refractivity contribution in [2.75, 3.05) is 19.0 Å². The van der Waals surface area contributed by atoms with Crippen molar-refractivity contribution in [1.29, 1.82) is 0 Å². The normalized spacial score (nSPS) is 18.2. The lowest BCUT2D eigenvalue weighted by molar-refractivity contribution is -0.140. The fourth-order valence-electron chi connectivity index (χ4n) is 3.90. The average Bonchev–Trinajstić information content (AvgIpc) is 2.77. The minimum Gasteiger partial charge on any atom is -0.497 e. The molecule has 0 bridgehead atoms. The average molecular weight is 424 g/mol. The van der Waals surface area contributed by atoms with Crippen molar-refractivity contribution in [2.45, 2.75) is 45.2 Å². The van der Waals surface area contributed by atoms with E-state index >= 15 is 0 Å². The number of hydrogen-bond donors (Lipinski definition) is 1. The van der Waals surface area contributed by atoms with Crippen LogP contribution in [0.15, 0.2) is 48.5 Å². The number of rotatable bonds is 6. The largest absolute Gasteiger partial charge is 0.497 e. The van der Waals surface area contributed by atoms with Crippen molar-refractivity contribution < 1.29 is 23.9 Å². The number of para-hydroxylation sites is 1. The number of ether oxygens (including phenoxy) is 2. The van der Waals surface area contributed by atoms with Crippen LogP contribution >= 0.6 is 0 Å². The molecular formula is C24H28N2O5. The van der Waals surface area contributed by atoms with Gasteiger partial charge >= 0.3 is 5.97 Å². The van der Waals surface area contributed by atoms with Crippen LogP contribution in [0.25, 0.3) is 0 Å². The zero-order valence-electron chi connectivity index (χ0n) is 18.1. The van der Waals surface area contributed by atoms with Crippen LogP contribution < -0.4 is 10.1 Å². The summed E-state index contributed by atoms with van der Waals surface area (Å²) >= 11 is 0. The topological polar surface area (TPSA) is 84.9 Å². The van der Waals surface area contributed by atoms with E-state index in [-0.39, 0.29) is 36.1 Å². The van der Waals surface area contributed by atoms with E-state index in [2.05, 4.69) is 5.32 Å². The lowest BCUT2D eigenvalue weighted by atomic mass is 9.97. The SMILES string of the molecule is COc1ccc(C(=O)Nc2ccccc2C(=O)OCC(=O)N2[C@H](C)CCC[C@H]2C)cc1. The van der Waals surface area contributed by atoms with E-state index in [1.807, 2.05) is 13.8 Å². The molecule has 7 heteroatoms. The molecule has 0 unspecified atom stereocenters. The molecule has 2 amide bonds. The molecule has 0 saturated carbocycles. The number of piperidine rings is 1. The molecule has 1 heterocycles. The summed E-state index contributed by atoms with van der Waals surface area (Å²) in [7, 11) is 1.55. The van der Waals surface area contributed by atoms with E-state index < -0.39 is 5.97 Å². The first-order valence-corrected chi connectivity index (χ1v) is 10.4. The maximum absolute atomic E-state index is 12.7. The predicted molar refractivity (Wildman–Crippen MR) is 117 cm³/mol. The molecule has 31 heavy (non-hydrogen) atoms. The minimum absolute atomic E-state index is 0.131. The molecule has 1 saturated heterocycles. The van der Waals surface area contributed by atoms with Crippen LogP contribution in [0.5, 0.6) is 5.75 Å². The molecule has 2 aromatic rings. The number of nitrogens with one attached hydrogen (secondary N) is 1. The molecule has 1 aliphatic heterocycles. The first-order valence-electron chi connectivity index (χ1n) is 10.4. The standard InChI is InChI=1S/C24H28N2O5/c1-16-7-6-8-17(2)26(16)22(27)15-31-24(29)20-9-4-5-10-21(20)25-23(28)18-11-13-19(30-3)14-12-18/h4-5,9-14,16-17H,6-8,15H2,1-3H3,(H,25,28)/t16-,17-/m1/s1. The van der Waals surface area contributed by atoms with Crippen LogP contribution in [-0.2, 0) is 9.53 Å². The van der Waals surface area contributed by atoms with Crippen LogP contribution in [0.1, 0.15) is 53.8 Å².